The molecule has 1 saturated carbocycles. The van der Waals surface area contributed by atoms with E-state index in [0.717, 1.165) is 56.0 Å². The van der Waals surface area contributed by atoms with E-state index in [2.05, 4.69) is 25.9 Å². The average Bonchev–Trinajstić information content (AvgIpc) is 2.86. The zero-order chi connectivity index (χ0) is 27.4. The van der Waals surface area contributed by atoms with Crippen molar-refractivity contribution in [3.63, 3.8) is 0 Å². The lowest BCUT2D eigenvalue weighted by molar-refractivity contribution is 0.0997. The number of nitrogens with one attached hydrogen (secondary N) is 3. The van der Waals surface area contributed by atoms with Gasteiger partial charge < -0.3 is 27.4 Å². The van der Waals surface area contributed by atoms with Gasteiger partial charge in [0.25, 0.3) is 11.8 Å². The van der Waals surface area contributed by atoms with Gasteiger partial charge in [0.2, 0.25) is 0 Å². The first kappa shape index (κ1) is 26.9. The Kier molecular flexibility index (Phi) is 7.83. The van der Waals surface area contributed by atoms with E-state index in [1.807, 2.05) is 0 Å². The van der Waals surface area contributed by atoms with Crippen LogP contribution in [0.3, 0.4) is 0 Å². The van der Waals surface area contributed by atoms with Gasteiger partial charge in [0.05, 0.1) is 34.2 Å². The molecule has 2 aromatic heterocycles. The van der Waals surface area contributed by atoms with Gasteiger partial charge in [-0.25, -0.2) is 9.37 Å². The third-order valence-electron chi connectivity index (χ3n) is 6.04. The van der Waals surface area contributed by atoms with Crippen LogP contribution in [0.1, 0.15) is 46.4 Å². The van der Waals surface area contributed by atoms with Gasteiger partial charge in [-0.2, -0.15) is 8.42 Å². The van der Waals surface area contributed by atoms with Gasteiger partial charge in [0.1, 0.15) is 5.82 Å². The molecule has 1 aliphatic carbocycles. The van der Waals surface area contributed by atoms with Crippen molar-refractivity contribution in [3.8, 4) is 0 Å². The number of carbonyl (C=O) groups excluding carboxylic acids is 2. The monoisotopic (exact) mass is 545 g/mol. The molecule has 2 heterocycles. The summed E-state index contributed by atoms with van der Waals surface area (Å²) in [4.78, 5) is 32.2. The number of aromatic nitrogens is 2. The van der Waals surface area contributed by atoms with Crippen molar-refractivity contribution in [2.24, 2.45) is 11.5 Å². The number of hydrogen-bond donors (Lipinski definition) is 5. The number of amides is 2. The zero-order valence-corrected chi connectivity index (χ0v) is 20.8. The molecule has 11 nitrogen and oxygen atoms in total. The van der Waals surface area contributed by atoms with Crippen LogP contribution < -0.4 is 27.4 Å². The number of anilines is 4. The fraction of sp³-hybridized carbons (Fsp3) is 0.250. The Hall–Kier alpha value is -4.17. The number of pyridine rings is 2. The van der Waals surface area contributed by atoms with Crippen LogP contribution in [0.25, 0.3) is 0 Å². The summed E-state index contributed by atoms with van der Waals surface area (Å²) in [5, 5.41) is 8.48. The highest BCUT2D eigenvalue weighted by Gasteiger charge is 2.24. The summed E-state index contributed by atoms with van der Waals surface area (Å²) in [7, 11) is -4.89. The fourth-order valence-corrected chi connectivity index (χ4v) is 4.53. The molecule has 2 amide bonds. The molecular formula is C24H25F2N7O4S. The second-order valence-corrected chi connectivity index (χ2v) is 10.1. The standard InChI is InChI=1S/C24H25F2N7O4S/c25-18-10-17(21(28)34)22(33-23(18)32-20-4-2-1-3-19(20)27)30-14-9-15(12-29-11-14)31-24(35)13-5-7-16(8-6-13)38(26,36)37/h5-12,19-20H,1-4,27H2,(H2,28,34)(H,31,35)(H2,30,32,33)/t19-,20+/m0/s1. The smallest absolute Gasteiger partial charge is 0.332 e. The predicted octanol–water partition coefficient (Wildman–Crippen LogP) is 3.05. The summed E-state index contributed by atoms with van der Waals surface area (Å²) in [6.07, 6.45) is 6.21. The molecule has 3 aromatic rings. The highest BCUT2D eigenvalue weighted by Crippen LogP contribution is 2.27. The highest BCUT2D eigenvalue weighted by atomic mass is 32.3. The molecule has 0 spiro atoms. The Morgan fingerprint density at radius 3 is 2.34 bits per heavy atom. The minimum absolute atomic E-state index is 0.0286. The van der Waals surface area contributed by atoms with Crippen LogP contribution >= 0.6 is 0 Å². The number of benzene rings is 1. The number of nitrogens with zero attached hydrogens (tertiary/aromatic N) is 2. The molecule has 7 N–H and O–H groups in total. The topological polar surface area (TPSA) is 182 Å². The van der Waals surface area contributed by atoms with Crippen molar-refractivity contribution in [3.05, 3.63) is 65.7 Å². The molecule has 1 fully saturated rings. The second-order valence-electron chi connectivity index (χ2n) is 8.78. The highest BCUT2D eigenvalue weighted by molar-refractivity contribution is 7.86. The Balaban J connectivity index is 1.54. The van der Waals surface area contributed by atoms with E-state index >= 15 is 0 Å². The number of primary amides is 1. The molecule has 38 heavy (non-hydrogen) atoms. The third-order valence-corrected chi connectivity index (χ3v) is 6.88. The molecular weight excluding hydrogens is 520 g/mol. The first-order valence-corrected chi connectivity index (χ1v) is 13.0. The number of carbonyl (C=O) groups is 2. The van der Waals surface area contributed by atoms with Crippen LogP contribution in [0, 0.1) is 5.82 Å². The number of rotatable bonds is 8. The van der Waals surface area contributed by atoms with Crippen LogP contribution in [0.15, 0.2) is 53.7 Å². The van der Waals surface area contributed by atoms with E-state index < -0.39 is 32.8 Å². The summed E-state index contributed by atoms with van der Waals surface area (Å²) in [5.74, 6) is -2.39. The minimum Gasteiger partial charge on any atom is -0.365 e. The summed E-state index contributed by atoms with van der Waals surface area (Å²) < 4.78 is 49.8. The Morgan fingerprint density at radius 2 is 1.68 bits per heavy atom. The molecule has 0 aliphatic heterocycles. The van der Waals surface area contributed by atoms with Crippen molar-refractivity contribution in [1.82, 2.24) is 9.97 Å². The summed E-state index contributed by atoms with van der Waals surface area (Å²) >= 11 is 0. The molecule has 0 unspecified atom stereocenters. The fourth-order valence-electron chi connectivity index (χ4n) is 4.07. The molecule has 1 aromatic carbocycles. The average molecular weight is 546 g/mol. The first-order chi connectivity index (χ1) is 18.0. The minimum atomic E-state index is -4.89. The Labute approximate surface area is 217 Å². The van der Waals surface area contributed by atoms with Crippen LogP contribution in [-0.4, -0.2) is 42.3 Å². The van der Waals surface area contributed by atoms with Crippen molar-refractivity contribution < 1.29 is 26.3 Å². The SMILES string of the molecule is NC(=O)c1cc(F)c(N[C@@H]2CCCC[C@@H]2N)nc1Nc1cncc(NC(=O)c2ccc(S(=O)(=O)F)cc2)c1. The van der Waals surface area contributed by atoms with E-state index in [1.165, 1.54) is 18.5 Å². The predicted molar refractivity (Wildman–Crippen MR) is 137 cm³/mol. The van der Waals surface area contributed by atoms with Gasteiger partial charge >= 0.3 is 10.2 Å². The maximum Gasteiger partial charge on any atom is 0.332 e. The van der Waals surface area contributed by atoms with Gasteiger partial charge in [-0.1, -0.05) is 12.8 Å². The molecule has 1 aliphatic rings. The normalized spacial score (nSPS) is 17.4. The Morgan fingerprint density at radius 1 is 1.00 bits per heavy atom. The van der Waals surface area contributed by atoms with Gasteiger partial charge in [0.15, 0.2) is 11.6 Å². The first-order valence-electron chi connectivity index (χ1n) is 11.6. The molecule has 14 heteroatoms. The van der Waals surface area contributed by atoms with Gasteiger partial charge in [0, 0.05) is 17.6 Å². The van der Waals surface area contributed by atoms with Crippen LogP contribution in [-0.2, 0) is 10.2 Å². The van der Waals surface area contributed by atoms with E-state index in [0.29, 0.717) is 5.69 Å². The van der Waals surface area contributed by atoms with Crippen LogP contribution in [0.2, 0.25) is 0 Å². The molecule has 0 radical (unpaired) electrons. The van der Waals surface area contributed by atoms with Gasteiger partial charge in [-0.05, 0) is 49.2 Å². The molecule has 0 bridgehead atoms. The number of nitrogens with two attached hydrogens (primary N) is 2. The van der Waals surface area contributed by atoms with Crippen molar-refractivity contribution >= 4 is 45.0 Å². The molecule has 2 atom stereocenters. The van der Waals surface area contributed by atoms with E-state index in [1.54, 1.807) is 0 Å². The van der Waals surface area contributed by atoms with E-state index in [9.17, 15) is 26.3 Å². The van der Waals surface area contributed by atoms with Crippen molar-refractivity contribution in [2.75, 3.05) is 16.0 Å². The lowest BCUT2D eigenvalue weighted by Crippen LogP contribution is -2.43. The molecule has 4 rings (SSSR count). The number of halogens is 2. The lowest BCUT2D eigenvalue weighted by Gasteiger charge is -2.30. The van der Waals surface area contributed by atoms with Crippen LogP contribution in [0.4, 0.5) is 31.3 Å². The summed E-state index contributed by atoms with van der Waals surface area (Å²) in [6, 6.07) is 6.36. The maximum atomic E-state index is 14.8. The summed E-state index contributed by atoms with van der Waals surface area (Å²) in [6.45, 7) is 0. The van der Waals surface area contributed by atoms with Crippen LogP contribution in [0.5, 0.6) is 0 Å². The zero-order valence-electron chi connectivity index (χ0n) is 19.9. The Bertz CT molecular complexity index is 1470. The van der Waals surface area contributed by atoms with E-state index in [-0.39, 0.29) is 40.5 Å². The summed E-state index contributed by atoms with van der Waals surface area (Å²) in [5.41, 5.74) is 12.0. The van der Waals surface area contributed by atoms with Gasteiger partial charge in [-0.15, -0.1) is 3.89 Å². The third kappa shape index (κ3) is 6.39. The quantitative estimate of drug-likeness (QED) is 0.266. The second kappa shape index (κ2) is 11.1. The van der Waals surface area contributed by atoms with Crippen molar-refractivity contribution in [1.29, 1.82) is 0 Å². The van der Waals surface area contributed by atoms with E-state index in [4.69, 9.17) is 11.5 Å². The lowest BCUT2D eigenvalue weighted by atomic mass is 9.91. The molecule has 200 valence electrons. The largest absolute Gasteiger partial charge is 0.365 e. The number of hydrogen-bond acceptors (Lipinski definition) is 9. The van der Waals surface area contributed by atoms with Crippen molar-refractivity contribution in [2.45, 2.75) is 42.7 Å². The molecule has 0 saturated heterocycles. The van der Waals surface area contributed by atoms with Gasteiger partial charge in [-0.3, -0.25) is 14.6 Å². The maximum absolute atomic E-state index is 14.8.